The quantitative estimate of drug-likeness (QED) is 0.419. The summed E-state index contributed by atoms with van der Waals surface area (Å²) in [7, 11) is 0. The number of carbonyl (C=O) groups is 1. The summed E-state index contributed by atoms with van der Waals surface area (Å²) in [6, 6.07) is 27.8. The molecule has 1 amide bonds. The van der Waals surface area contributed by atoms with Crippen molar-refractivity contribution in [3.8, 4) is 5.75 Å². The molecule has 0 heterocycles. The first-order valence-electron chi connectivity index (χ1n) is 11.2. The summed E-state index contributed by atoms with van der Waals surface area (Å²) in [5, 5.41) is 2.95. The minimum absolute atomic E-state index is 0.223. The smallest absolute Gasteiger partial charge is 0.407 e. The molecule has 0 unspecified atom stereocenters. The van der Waals surface area contributed by atoms with Crippen LogP contribution in [0.15, 0.2) is 84.9 Å². The predicted molar refractivity (Wildman–Crippen MR) is 130 cm³/mol. The second kappa shape index (κ2) is 12.1. The third kappa shape index (κ3) is 9.38. The zero-order valence-corrected chi connectivity index (χ0v) is 19.6. The van der Waals surface area contributed by atoms with Crippen LogP contribution in [0.1, 0.15) is 37.5 Å². The Kier molecular flexibility index (Phi) is 8.90. The van der Waals surface area contributed by atoms with E-state index in [2.05, 4.69) is 5.32 Å². The third-order valence-corrected chi connectivity index (χ3v) is 4.81. The van der Waals surface area contributed by atoms with E-state index in [1.54, 1.807) is 0 Å². The molecule has 0 aliphatic heterocycles. The second-order valence-corrected chi connectivity index (χ2v) is 8.97. The summed E-state index contributed by atoms with van der Waals surface area (Å²) in [5.74, 6) is 0.805. The molecular formula is C28H33NO4. The van der Waals surface area contributed by atoms with E-state index in [0.717, 1.165) is 22.4 Å². The Morgan fingerprint density at radius 3 is 1.94 bits per heavy atom. The molecule has 1 atom stereocenters. The average molecular weight is 448 g/mol. The molecule has 3 rings (SSSR count). The SMILES string of the molecule is CC(C)(C)OC(=O)N[C@H](COCc1ccccc1)Cc1ccc(OCc2ccccc2)cc1. The lowest BCUT2D eigenvalue weighted by atomic mass is 10.1. The monoisotopic (exact) mass is 447 g/mol. The van der Waals surface area contributed by atoms with Crippen molar-refractivity contribution in [3.63, 3.8) is 0 Å². The van der Waals surface area contributed by atoms with Crippen molar-refractivity contribution in [3.05, 3.63) is 102 Å². The lowest BCUT2D eigenvalue weighted by Crippen LogP contribution is -2.42. The molecule has 0 aliphatic rings. The van der Waals surface area contributed by atoms with Crippen molar-refractivity contribution in [2.45, 2.75) is 52.0 Å². The maximum Gasteiger partial charge on any atom is 0.407 e. The molecule has 3 aromatic rings. The van der Waals surface area contributed by atoms with Gasteiger partial charge in [-0.2, -0.15) is 0 Å². The lowest BCUT2D eigenvalue weighted by molar-refractivity contribution is 0.0429. The molecule has 0 aromatic heterocycles. The van der Waals surface area contributed by atoms with E-state index < -0.39 is 11.7 Å². The van der Waals surface area contributed by atoms with Crippen LogP contribution in [-0.2, 0) is 29.1 Å². The van der Waals surface area contributed by atoms with E-state index in [1.165, 1.54) is 0 Å². The highest BCUT2D eigenvalue weighted by Gasteiger charge is 2.20. The van der Waals surface area contributed by atoms with Crippen molar-refractivity contribution >= 4 is 6.09 Å². The molecule has 5 heteroatoms. The van der Waals surface area contributed by atoms with E-state index in [9.17, 15) is 4.79 Å². The molecule has 0 bridgehead atoms. The highest BCUT2D eigenvalue weighted by atomic mass is 16.6. The molecule has 0 aliphatic carbocycles. The first-order valence-corrected chi connectivity index (χ1v) is 11.2. The maximum atomic E-state index is 12.4. The Morgan fingerprint density at radius 2 is 1.36 bits per heavy atom. The van der Waals surface area contributed by atoms with E-state index in [4.69, 9.17) is 14.2 Å². The molecule has 0 saturated heterocycles. The summed E-state index contributed by atoms with van der Waals surface area (Å²) >= 11 is 0. The normalized spacial score (nSPS) is 12.1. The molecule has 0 spiro atoms. The standard InChI is InChI=1S/C28H33NO4/c1-28(2,3)33-27(30)29-25(21-31-19-23-10-6-4-7-11-23)18-22-14-16-26(17-15-22)32-20-24-12-8-5-9-13-24/h4-17,25H,18-21H2,1-3H3,(H,29,30)/t25-/m0/s1. The van der Waals surface area contributed by atoms with Crippen LogP contribution in [0.5, 0.6) is 5.75 Å². The maximum absolute atomic E-state index is 12.4. The largest absolute Gasteiger partial charge is 0.489 e. The summed E-state index contributed by atoms with van der Waals surface area (Å²) in [6.45, 7) is 6.93. The van der Waals surface area contributed by atoms with Gasteiger partial charge in [-0.25, -0.2) is 4.79 Å². The average Bonchev–Trinajstić information content (AvgIpc) is 2.79. The van der Waals surface area contributed by atoms with Gasteiger partial charge in [0.2, 0.25) is 0 Å². The van der Waals surface area contributed by atoms with Crippen molar-refractivity contribution < 1.29 is 19.0 Å². The highest BCUT2D eigenvalue weighted by molar-refractivity contribution is 5.68. The Balaban J connectivity index is 1.56. The molecule has 0 saturated carbocycles. The van der Waals surface area contributed by atoms with E-state index >= 15 is 0 Å². The van der Waals surface area contributed by atoms with Gasteiger partial charge in [0.15, 0.2) is 0 Å². The van der Waals surface area contributed by atoms with Crippen LogP contribution in [0, 0.1) is 0 Å². The summed E-state index contributed by atoms with van der Waals surface area (Å²) in [5.41, 5.74) is 2.73. The first-order chi connectivity index (χ1) is 15.9. The zero-order valence-electron chi connectivity index (χ0n) is 19.6. The molecule has 5 nitrogen and oxygen atoms in total. The second-order valence-electron chi connectivity index (χ2n) is 8.97. The van der Waals surface area contributed by atoms with Gasteiger partial charge in [0.1, 0.15) is 18.0 Å². The van der Waals surface area contributed by atoms with Crippen LogP contribution >= 0.6 is 0 Å². The number of amides is 1. The number of carbonyl (C=O) groups excluding carboxylic acids is 1. The fourth-order valence-corrected chi connectivity index (χ4v) is 3.27. The summed E-state index contributed by atoms with van der Waals surface area (Å²) in [6.07, 6.45) is 0.172. The molecule has 0 fully saturated rings. The topological polar surface area (TPSA) is 56.8 Å². The van der Waals surface area contributed by atoms with Gasteiger partial charge in [0.25, 0.3) is 0 Å². The first kappa shape index (κ1) is 24.3. The van der Waals surface area contributed by atoms with Gasteiger partial charge in [0, 0.05) is 0 Å². The van der Waals surface area contributed by atoms with E-state index in [-0.39, 0.29) is 6.04 Å². The summed E-state index contributed by atoms with van der Waals surface area (Å²) in [4.78, 5) is 12.4. The van der Waals surface area contributed by atoms with Crippen molar-refractivity contribution in [1.29, 1.82) is 0 Å². The Morgan fingerprint density at radius 1 is 0.788 bits per heavy atom. The van der Waals surface area contributed by atoms with Crippen molar-refractivity contribution in [2.75, 3.05) is 6.61 Å². The van der Waals surface area contributed by atoms with Crippen LogP contribution < -0.4 is 10.1 Å². The summed E-state index contributed by atoms with van der Waals surface area (Å²) < 4.78 is 17.2. The van der Waals surface area contributed by atoms with Gasteiger partial charge in [-0.3, -0.25) is 0 Å². The van der Waals surface area contributed by atoms with Gasteiger partial charge < -0.3 is 19.5 Å². The van der Waals surface area contributed by atoms with Gasteiger partial charge in [-0.05, 0) is 56.0 Å². The minimum atomic E-state index is -0.558. The van der Waals surface area contributed by atoms with Crippen LogP contribution in [0.25, 0.3) is 0 Å². The number of rotatable bonds is 10. The van der Waals surface area contributed by atoms with Gasteiger partial charge in [0.05, 0.1) is 19.3 Å². The van der Waals surface area contributed by atoms with Gasteiger partial charge >= 0.3 is 6.09 Å². The number of hydrogen-bond acceptors (Lipinski definition) is 4. The van der Waals surface area contributed by atoms with Crippen LogP contribution in [0.3, 0.4) is 0 Å². The van der Waals surface area contributed by atoms with Crippen molar-refractivity contribution in [1.82, 2.24) is 5.32 Å². The van der Waals surface area contributed by atoms with Gasteiger partial charge in [-0.15, -0.1) is 0 Å². The highest BCUT2D eigenvalue weighted by Crippen LogP contribution is 2.16. The van der Waals surface area contributed by atoms with Gasteiger partial charge in [-0.1, -0.05) is 72.8 Å². The fourth-order valence-electron chi connectivity index (χ4n) is 3.27. The van der Waals surface area contributed by atoms with Crippen LogP contribution in [-0.4, -0.2) is 24.3 Å². The Hall–Kier alpha value is -3.31. The molecule has 174 valence electrons. The Bertz CT molecular complexity index is 966. The molecule has 0 radical (unpaired) electrons. The van der Waals surface area contributed by atoms with Crippen LogP contribution in [0.4, 0.5) is 4.79 Å². The lowest BCUT2D eigenvalue weighted by Gasteiger charge is -2.24. The Labute approximate surface area is 196 Å². The van der Waals surface area contributed by atoms with Crippen molar-refractivity contribution in [2.24, 2.45) is 0 Å². The van der Waals surface area contributed by atoms with Crippen LogP contribution in [0.2, 0.25) is 0 Å². The third-order valence-electron chi connectivity index (χ3n) is 4.81. The predicted octanol–water partition coefficient (Wildman–Crippen LogP) is 5.92. The minimum Gasteiger partial charge on any atom is -0.489 e. The molecule has 1 N–H and O–H groups in total. The number of hydrogen-bond donors (Lipinski definition) is 1. The number of benzene rings is 3. The molecular weight excluding hydrogens is 414 g/mol. The molecule has 3 aromatic carbocycles. The fraction of sp³-hybridized carbons (Fsp3) is 0.321. The number of alkyl carbamates (subject to hydrolysis) is 1. The zero-order chi connectivity index (χ0) is 23.5. The molecule has 33 heavy (non-hydrogen) atoms. The number of nitrogens with one attached hydrogen (secondary N) is 1. The number of ether oxygens (including phenoxy) is 3. The van der Waals surface area contributed by atoms with E-state index in [1.807, 2.05) is 106 Å². The van der Waals surface area contributed by atoms with E-state index in [0.29, 0.717) is 26.2 Å².